The van der Waals surface area contributed by atoms with Crippen molar-refractivity contribution in [1.82, 2.24) is 14.8 Å². The average Bonchev–Trinajstić information content (AvgIpc) is 3.01. The molecule has 7 nitrogen and oxygen atoms in total. The summed E-state index contributed by atoms with van der Waals surface area (Å²) in [7, 11) is -1.25. The lowest BCUT2D eigenvalue weighted by Crippen LogP contribution is -2.52. The number of amides is 1. The van der Waals surface area contributed by atoms with Crippen molar-refractivity contribution >= 4 is 21.6 Å². The van der Waals surface area contributed by atoms with Gasteiger partial charge in [0.1, 0.15) is 5.82 Å². The summed E-state index contributed by atoms with van der Waals surface area (Å²) in [5, 5.41) is 0. The third-order valence-corrected chi connectivity index (χ3v) is 7.00. The van der Waals surface area contributed by atoms with Crippen molar-refractivity contribution in [2.45, 2.75) is 18.6 Å². The van der Waals surface area contributed by atoms with E-state index in [2.05, 4.69) is 4.98 Å². The highest BCUT2D eigenvalue weighted by atomic mass is 32.2. The molecule has 0 aromatic carbocycles. The van der Waals surface area contributed by atoms with Gasteiger partial charge in [0.25, 0.3) is 0 Å². The Morgan fingerprint density at radius 1 is 1.25 bits per heavy atom. The molecule has 2 aliphatic heterocycles. The molecule has 1 aromatic heterocycles. The Balaban J connectivity index is 1.50. The van der Waals surface area contributed by atoms with Gasteiger partial charge in [0.15, 0.2) is 9.84 Å². The van der Waals surface area contributed by atoms with Crippen molar-refractivity contribution in [2.75, 3.05) is 56.2 Å². The molecule has 0 radical (unpaired) electrons. The minimum absolute atomic E-state index is 0.0770. The number of pyridine rings is 1. The molecular formula is C17H23F3N4O3S. The highest BCUT2D eigenvalue weighted by molar-refractivity contribution is 7.91. The topological polar surface area (TPSA) is 73.8 Å². The highest BCUT2D eigenvalue weighted by Crippen LogP contribution is 2.29. The van der Waals surface area contributed by atoms with Crippen molar-refractivity contribution in [3.8, 4) is 0 Å². The zero-order chi connectivity index (χ0) is 20.5. The van der Waals surface area contributed by atoms with Gasteiger partial charge >= 0.3 is 6.18 Å². The standard InChI is InChI=1S/C17H23F3N4O3S/c1-22(14-4-9-28(26,27)12-14)11-16(25)24-7-5-23(6-8-24)15-3-2-13(10-21-15)17(18,19)20/h2-3,10,14H,4-9,11-12H2,1H3. The largest absolute Gasteiger partial charge is 0.417 e. The SMILES string of the molecule is CN(CC(=O)N1CCN(c2ccc(C(F)(F)F)cn2)CC1)C1CCS(=O)(=O)C1. The van der Waals surface area contributed by atoms with E-state index in [9.17, 15) is 26.4 Å². The van der Waals surface area contributed by atoms with E-state index in [-0.39, 0.29) is 30.0 Å². The van der Waals surface area contributed by atoms with Crippen LogP contribution < -0.4 is 4.90 Å². The fourth-order valence-electron chi connectivity index (χ4n) is 3.49. The molecule has 2 fully saturated rings. The molecule has 1 atom stereocenters. The summed E-state index contributed by atoms with van der Waals surface area (Å²) in [5.41, 5.74) is -0.790. The van der Waals surface area contributed by atoms with E-state index >= 15 is 0 Å². The lowest BCUT2D eigenvalue weighted by Gasteiger charge is -2.36. The van der Waals surface area contributed by atoms with E-state index in [0.29, 0.717) is 38.4 Å². The van der Waals surface area contributed by atoms with Gasteiger partial charge in [-0.05, 0) is 25.6 Å². The van der Waals surface area contributed by atoms with E-state index in [1.807, 2.05) is 4.90 Å². The molecule has 1 aromatic rings. The number of halogens is 3. The lowest BCUT2D eigenvalue weighted by molar-refractivity contribution is -0.138. The number of hydrogen-bond donors (Lipinski definition) is 0. The molecule has 2 saturated heterocycles. The van der Waals surface area contributed by atoms with E-state index in [4.69, 9.17) is 0 Å². The Bertz CT molecular complexity index is 806. The molecule has 28 heavy (non-hydrogen) atoms. The molecule has 0 N–H and O–H groups in total. The molecule has 156 valence electrons. The normalized spacial score (nSPS) is 22.7. The minimum atomic E-state index is -4.42. The summed E-state index contributed by atoms with van der Waals surface area (Å²) in [4.78, 5) is 21.7. The van der Waals surface area contributed by atoms with Crippen LogP contribution in [0, 0.1) is 0 Å². The van der Waals surface area contributed by atoms with E-state index in [1.165, 1.54) is 6.07 Å². The summed E-state index contributed by atoms with van der Waals surface area (Å²) in [5.74, 6) is 0.624. The predicted molar refractivity (Wildman–Crippen MR) is 97.7 cm³/mol. The van der Waals surface area contributed by atoms with Crippen LogP contribution in [0.1, 0.15) is 12.0 Å². The van der Waals surface area contributed by atoms with Crippen LogP contribution in [0.2, 0.25) is 0 Å². The Hall–Kier alpha value is -1.88. The van der Waals surface area contributed by atoms with Gasteiger partial charge in [0.2, 0.25) is 5.91 Å². The smallest absolute Gasteiger partial charge is 0.353 e. The fraction of sp³-hybridized carbons (Fsp3) is 0.647. The number of rotatable bonds is 4. The zero-order valence-corrected chi connectivity index (χ0v) is 16.3. The second-order valence-electron chi connectivity index (χ2n) is 7.24. The number of alkyl halides is 3. The summed E-state index contributed by atoms with van der Waals surface area (Å²) in [6.45, 7) is 1.99. The average molecular weight is 420 g/mol. The number of hydrogen-bond acceptors (Lipinski definition) is 6. The van der Waals surface area contributed by atoms with E-state index in [0.717, 1.165) is 12.3 Å². The molecule has 3 rings (SSSR count). The Morgan fingerprint density at radius 3 is 2.43 bits per heavy atom. The summed E-state index contributed by atoms with van der Waals surface area (Å²) >= 11 is 0. The van der Waals surface area contributed by atoms with Gasteiger partial charge in [-0.15, -0.1) is 0 Å². The number of anilines is 1. The fourth-order valence-corrected chi connectivity index (χ4v) is 5.30. The van der Waals surface area contributed by atoms with E-state index in [1.54, 1.807) is 16.8 Å². The number of sulfone groups is 1. The molecule has 11 heteroatoms. The Labute approximate surface area is 162 Å². The molecule has 0 aliphatic carbocycles. The maximum Gasteiger partial charge on any atom is 0.417 e. The highest BCUT2D eigenvalue weighted by Gasteiger charge is 2.33. The first kappa shape index (κ1) is 20.8. The quantitative estimate of drug-likeness (QED) is 0.720. The molecule has 2 aliphatic rings. The minimum Gasteiger partial charge on any atom is -0.353 e. The molecule has 3 heterocycles. The number of carbonyl (C=O) groups excluding carboxylic acids is 1. The van der Waals surface area contributed by atoms with Gasteiger partial charge in [-0.25, -0.2) is 13.4 Å². The van der Waals surface area contributed by atoms with Crippen molar-refractivity contribution in [1.29, 1.82) is 0 Å². The monoisotopic (exact) mass is 420 g/mol. The van der Waals surface area contributed by atoms with Crippen LogP contribution in [-0.4, -0.2) is 86.4 Å². The van der Waals surface area contributed by atoms with Gasteiger partial charge in [-0.2, -0.15) is 13.2 Å². The Morgan fingerprint density at radius 2 is 1.93 bits per heavy atom. The third kappa shape index (κ3) is 4.93. The first-order valence-electron chi connectivity index (χ1n) is 9.02. The first-order valence-corrected chi connectivity index (χ1v) is 10.8. The summed E-state index contributed by atoms with van der Waals surface area (Å²) < 4.78 is 61.0. The maximum absolute atomic E-state index is 12.6. The van der Waals surface area contributed by atoms with Gasteiger partial charge in [-0.1, -0.05) is 0 Å². The number of piperazine rings is 1. The maximum atomic E-state index is 12.6. The van der Waals surface area contributed by atoms with Crippen LogP contribution in [0.4, 0.5) is 19.0 Å². The number of nitrogens with zero attached hydrogens (tertiary/aromatic N) is 4. The van der Waals surface area contributed by atoms with Gasteiger partial charge < -0.3 is 9.80 Å². The summed E-state index contributed by atoms with van der Waals surface area (Å²) in [6.07, 6.45) is -3.06. The van der Waals surface area contributed by atoms with Crippen LogP contribution >= 0.6 is 0 Å². The number of carbonyl (C=O) groups is 1. The van der Waals surface area contributed by atoms with Crippen molar-refractivity contribution in [3.63, 3.8) is 0 Å². The van der Waals surface area contributed by atoms with Crippen LogP contribution in [0.25, 0.3) is 0 Å². The van der Waals surface area contributed by atoms with Gasteiger partial charge in [-0.3, -0.25) is 9.69 Å². The second-order valence-corrected chi connectivity index (χ2v) is 9.47. The molecule has 1 amide bonds. The van der Waals surface area contributed by atoms with E-state index < -0.39 is 21.6 Å². The van der Waals surface area contributed by atoms with Crippen molar-refractivity contribution in [3.05, 3.63) is 23.9 Å². The number of likely N-dealkylation sites (N-methyl/N-ethyl adjacent to an activating group) is 1. The van der Waals surface area contributed by atoms with Crippen LogP contribution in [0.3, 0.4) is 0 Å². The molecule has 0 bridgehead atoms. The third-order valence-electron chi connectivity index (χ3n) is 5.25. The lowest BCUT2D eigenvalue weighted by atomic mass is 10.2. The van der Waals surface area contributed by atoms with Crippen molar-refractivity contribution in [2.24, 2.45) is 0 Å². The molecule has 0 saturated carbocycles. The zero-order valence-electron chi connectivity index (χ0n) is 15.5. The van der Waals surface area contributed by atoms with Crippen molar-refractivity contribution < 1.29 is 26.4 Å². The first-order chi connectivity index (χ1) is 13.0. The van der Waals surface area contributed by atoms with Gasteiger partial charge in [0.05, 0.1) is 23.6 Å². The summed E-state index contributed by atoms with van der Waals surface area (Å²) in [6, 6.07) is 2.21. The van der Waals surface area contributed by atoms with Crippen LogP contribution in [-0.2, 0) is 20.8 Å². The molecule has 1 unspecified atom stereocenters. The van der Waals surface area contributed by atoms with Crippen LogP contribution in [0.5, 0.6) is 0 Å². The Kier molecular flexibility index (Phi) is 5.85. The van der Waals surface area contributed by atoms with Crippen LogP contribution in [0.15, 0.2) is 18.3 Å². The predicted octanol–water partition coefficient (Wildman–Crippen LogP) is 0.868. The number of aromatic nitrogens is 1. The van der Waals surface area contributed by atoms with Gasteiger partial charge in [0, 0.05) is 38.4 Å². The molecule has 0 spiro atoms. The molecular weight excluding hydrogens is 397 g/mol. The second kappa shape index (κ2) is 7.86.